The van der Waals surface area contributed by atoms with Crippen LogP contribution in [0.4, 0.5) is 0 Å². The summed E-state index contributed by atoms with van der Waals surface area (Å²) in [4.78, 5) is 18.1. The highest BCUT2D eigenvalue weighted by atomic mass is 16.5. The van der Waals surface area contributed by atoms with Gasteiger partial charge in [-0.25, -0.2) is 4.99 Å². The van der Waals surface area contributed by atoms with Gasteiger partial charge in [0.25, 0.3) is 0 Å². The SMILES string of the molecule is COc1cccc(CN=C(NCC(=O)N(C)C)NC2CCCCC2)c1. The first kappa shape index (κ1) is 19.1. The van der Waals surface area contributed by atoms with Crippen molar-refractivity contribution in [3.8, 4) is 5.75 Å². The van der Waals surface area contributed by atoms with E-state index in [4.69, 9.17) is 4.74 Å². The molecule has 6 nitrogen and oxygen atoms in total. The number of ether oxygens (including phenoxy) is 1. The van der Waals surface area contributed by atoms with Gasteiger partial charge in [-0.2, -0.15) is 0 Å². The molecule has 1 aromatic rings. The predicted molar refractivity (Wildman–Crippen MR) is 101 cm³/mol. The molecule has 0 bridgehead atoms. The molecule has 1 aromatic carbocycles. The van der Waals surface area contributed by atoms with Crippen LogP contribution in [0.25, 0.3) is 0 Å². The minimum Gasteiger partial charge on any atom is -0.497 e. The van der Waals surface area contributed by atoms with Gasteiger partial charge in [0.05, 0.1) is 20.2 Å². The van der Waals surface area contributed by atoms with Crippen LogP contribution in [0.1, 0.15) is 37.7 Å². The van der Waals surface area contributed by atoms with Crippen molar-refractivity contribution in [2.24, 2.45) is 4.99 Å². The van der Waals surface area contributed by atoms with Gasteiger partial charge >= 0.3 is 0 Å². The number of benzene rings is 1. The van der Waals surface area contributed by atoms with Gasteiger partial charge in [-0.05, 0) is 30.5 Å². The number of hydrogen-bond donors (Lipinski definition) is 2. The summed E-state index contributed by atoms with van der Waals surface area (Å²) in [5.74, 6) is 1.55. The second-order valence-corrected chi connectivity index (χ2v) is 6.64. The Labute approximate surface area is 150 Å². The molecule has 1 amide bonds. The smallest absolute Gasteiger partial charge is 0.241 e. The number of methoxy groups -OCH3 is 1. The number of carbonyl (C=O) groups is 1. The van der Waals surface area contributed by atoms with E-state index < -0.39 is 0 Å². The van der Waals surface area contributed by atoms with Gasteiger partial charge in [0.1, 0.15) is 5.75 Å². The molecule has 0 heterocycles. The molecular formula is C19H30N4O2. The van der Waals surface area contributed by atoms with Gasteiger partial charge in [-0.15, -0.1) is 0 Å². The van der Waals surface area contributed by atoms with E-state index in [2.05, 4.69) is 15.6 Å². The van der Waals surface area contributed by atoms with Crippen LogP contribution >= 0.6 is 0 Å². The van der Waals surface area contributed by atoms with Crippen molar-refractivity contribution >= 4 is 11.9 Å². The van der Waals surface area contributed by atoms with Gasteiger partial charge in [0.15, 0.2) is 5.96 Å². The fraction of sp³-hybridized carbons (Fsp3) is 0.579. The molecule has 25 heavy (non-hydrogen) atoms. The Morgan fingerprint density at radius 3 is 2.72 bits per heavy atom. The minimum absolute atomic E-state index is 0.0273. The Morgan fingerprint density at radius 2 is 2.04 bits per heavy atom. The summed E-state index contributed by atoms with van der Waals surface area (Å²) in [6.07, 6.45) is 6.11. The summed E-state index contributed by atoms with van der Waals surface area (Å²) in [5, 5.41) is 6.65. The van der Waals surface area contributed by atoms with Gasteiger partial charge in [-0.3, -0.25) is 4.79 Å². The van der Waals surface area contributed by atoms with Crippen molar-refractivity contribution in [2.45, 2.75) is 44.7 Å². The van der Waals surface area contributed by atoms with Gasteiger partial charge in [0.2, 0.25) is 5.91 Å². The fourth-order valence-corrected chi connectivity index (χ4v) is 2.85. The van der Waals surface area contributed by atoms with Crippen molar-refractivity contribution in [1.82, 2.24) is 15.5 Å². The van der Waals surface area contributed by atoms with Crippen LogP contribution in [0.3, 0.4) is 0 Å². The molecule has 0 radical (unpaired) electrons. The summed E-state index contributed by atoms with van der Waals surface area (Å²) < 4.78 is 5.26. The van der Waals surface area contributed by atoms with Crippen LogP contribution in [0.15, 0.2) is 29.3 Å². The van der Waals surface area contributed by atoms with E-state index in [0.29, 0.717) is 18.5 Å². The van der Waals surface area contributed by atoms with E-state index in [1.807, 2.05) is 24.3 Å². The highest BCUT2D eigenvalue weighted by Crippen LogP contribution is 2.17. The van der Waals surface area contributed by atoms with Crippen LogP contribution in [-0.4, -0.2) is 50.6 Å². The van der Waals surface area contributed by atoms with E-state index in [1.165, 1.54) is 19.3 Å². The molecule has 2 rings (SSSR count). The van der Waals surface area contributed by atoms with E-state index in [1.54, 1.807) is 26.1 Å². The maximum Gasteiger partial charge on any atom is 0.241 e. The van der Waals surface area contributed by atoms with Crippen molar-refractivity contribution < 1.29 is 9.53 Å². The molecular weight excluding hydrogens is 316 g/mol. The zero-order valence-corrected chi connectivity index (χ0v) is 15.5. The van der Waals surface area contributed by atoms with Gasteiger partial charge in [0, 0.05) is 20.1 Å². The maximum atomic E-state index is 11.9. The molecule has 1 aliphatic carbocycles. The second kappa shape index (κ2) is 9.91. The van der Waals surface area contributed by atoms with Crippen molar-refractivity contribution in [1.29, 1.82) is 0 Å². The zero-order valence-electron chi connectivity index (χ0n) is 15.5. The first-order valence-corrected chi connectivity index (χ1v) is 8.96. The zero-order chi connectivity index (χ0) is 18.1. The molecule has 0 aromatic heterocycles. The Bertz CT molecular complexity index is 581. The Hall–Kier alpha value is -2.24. The van der Waals surface area contributed by atoms with Crippen LogP contribution in [0.5, 0.6) is 5.75 Å². The maximum absolute atomic E-state index is 11.9. The number of likely N-dealkylation sites (N-methyl/N-ethyl adjacent to an activating group) is 1. The average molecular weight is 346 g/mol. The molecule has 1 fully saturated rings. The lowest BCUT2D eigenvalue weighted by Crippen LogP contribution is -2.47. The monoisotopic (exact) mass is 346 g/mol. The molecule has 2 N–H and O–H groups in total. The quantitative estimate of drug-likeness (QED) is 0.612. The summed E-state index contributed by atoms with van der Waals surface area (Å²) in [6.45, 7) is 0.777. The Kier molecular flexibility index (Phi) is 7.57. The molecule has 138 valence electrons. The summed E-state index contributed by atoms with van der Waals surface area (Å²) in [6, 6.07) is 8.31. The molecule has 0 spiro atoms. The normalized spacial score (nSPS) is 15.6. The number of guanidine groups is 1. The van der Waals surface area contributed by atoms with Crippen LogP contribution < -0.4 is 15.4 Å². The number of carbonyl (C=O) groups excluding carboxylic acids is 1. The Morgan fingerprint density at radius 1 is 1.28 bits per heavy atom. The number of amides is 1. The van der Waals surface area contributed by atoms with Gasteiger partial charge < -0.3 is 20.3 Å². The number of nitrogens with one attached hydrogen (secondary N) is 2. The lowest BCUT2D eigenvalue weighted by molar-refractivity contribution is -0.127. The first-order valence-electron chi connectivity index (χ1n) is 8.96. The van der Waals surface area contributed by atoms with Crippen molar-refractivity contribution in [3.63, 3.8) is 0 Å². The standard InChI is InChI=1S/C19H30N4O2/c1-23(2)18(24)14-21-19(22-16-9-5-4-6-10-16)20-13-15-8-7-11-17(12-15)25-3/h7-8,11-12,16H,4-6,9-10,13-14H2,1-3H3,(H2,20,21,22). The molecule has 6 heteroatoms. The van der Waals surface area contributed by atoms with Crippen LogP contribution in [0.2, 0.25) is 0 Å². The highest BCUT2D eigenvalue weighted by molar-refractivity contribution is 5.86. The lowest BCUT2D eigenvalue weighted by atomic mass is 9.96. The molecule has 1 aliphatic rings. The second-order valence-electron chi connectivity index (χ2n) is 6.64. The van der Waals surface area contributed by atoms with E-state index in [9.17, 15) is 4.79 Å². The number of nitrogens with zero attached hydrogens (tertiary/aromatic N) is 2. The Balaban J connectivity index is 2.01. The molecule has 1 saturated carbocycles. The summed E-state index contributed by atoms with van der Waals surface area (Å²) >= 11 is 0. The first-order chi connectivity index (χ1) is 12.1. The predicted octanol–water partition coefficient (Wildman–Crippen LogP) is 2.15. The van der Waals surface area contributed by atoms with Crippen molar-refractivity contribution in [2.75, 3.05) is 27.7 Å². The summed E-state index contributed by atoms with van der Waals surface area (Å²) in [5.41, 5.74) is 1.07. The number of hydrogen-bond acceptors (Lipinski definition) is 3. The third-order valence-corrected chi connectivity index (χ3v) is 4.41. The highest BCUT2D eigenvalue weighted by Gasteiger charge is 2.15. The molecule has 0 aliphatic heterocycles. The van der Waals surface area contributed by atoms with E-state index >= 15 is 0 Å². The number of rotatable bonds is 6. The fourth-order valence-electron chi connectivity index (χ4n) is 2.85. The van der Waals surface area contributed by atoms with Crippen molar-refractivity contribution in [3.05, 3.63) is 29.8 Å². The van der Waals surface area contributed by atoms with E-state index in [0.717, 1.165) is 24.2 Å². The lowest BCUT2D eigenvalue weighted by Gasteiger charge is -2.25. The summed E-state index contributed by atoms with van der Waals surface area (Å²) in [7, 11) is 5.17. The average Bonchev–Trinajstić information content (AvgIpc) is 2.64. The molecule has 0 saturated heterocycles. The third-order valence-electron chi connectivity index (χ3n) is 4.41. The molecule has 0 unspecified atom stereocenters. The van der Waals surface area contributed by atoms with Gasteiger partial charge in [-0.1, -0.05) is 31.4 Å². The number of aliphatic imine (C=N–C) groups is 1. The largest absolute Gasteiger partial charge is 0.497 e. The topological polar surface area (TPSA) is 66.0 Å². The third kappa shape index (κ3) is 6.64. The minimum atomic E-state index is 0.0273. The van der Waals surface area contributed by atoms with Crippen LogP contribution in [-0.2, 0) is 11.3 Å². The molecule has 0 atom stereocenters. The van der Waals surface area contributed by atoms with E-state index in [-0.39, 0.29) is 12.5 Å². The van der Waals surface area contributed by atoms with Crippen LogP contribution in [0, 0.1) is 0 Å².